The first-order chi connectivity index (χ1) is 21.3. The number of nitrogens with zero attached hydrogens (tertiary/aromatic N) is 2. The minimum atomic E-state index is -3.83. The van der Waals surface area contributed by atoms with Gasteiger partial charge in [-0.2, -0.15) is 8.42 Å². The first-order valence-corrected chi connectivity index (χ1v) is 15.8. The number of non-ortho nitro benzene ring substituents is 1. The molecule has 13 nitrogen and oxygen atoms in total. The van der Waals surface area contributed by atoms with E-state index >= 15 is 0 Å². The number of nitrogens with two attached hydrogens (primary N) is 1. The van der Waals surface area contributed by atoms with Gasteiger partial charge in [-0.1, -0.05) is 51.1 Å². The van der Waals surface area contributed by atoms with Crippen LogP contribution in [0.4, 0.5) is 5.69 Å². The fourth-order valence-electron chi connectivity index (χ4n) is 6.10. The first kappa shape index (κ1) is 31.8. The Morgan fingerprint density at radius 1 is 1.04 bits per heavy atom. The van der Waals surface area contributed by atoms with Gasteiger partial charge in [-0.25, -0.2) is 19.5 Å². The van der Waals surface area contributed by atoms with E-state index in [0.29, 0.717) is 17.7 Å². The molecular weight excluding hydrogens is 604 g/mol. The Labute approximate surface area is 259 Å². The summed E-state index contributed by atoms with van der Waals surface area (Å²) in [6.45, 7) is 5.81. The topological polar surface area (TPSA) is 188 Å². The second-order valence-electron chi connectivity index (χ2n) is 11.4. The molecule has 0 unspecified atom stereocenters. The molecule has 0 saturated carbocycles. The second-order valence-corrected chi connectivity index (χ2v) is 12.7. The van der Waals surface area contributed by atoms with Crippen LogP contribution in [0.1, 0.15) is 36.7 Å². The van der Waals surface area contributed by atoms with Crippen molar-refractivity contribution in [2.45, 2.75) is 33.2 Å². The summed E-state index contributed by atoms with van der Waals surface area (Å²) < 4.78 is 36.3. The van der Waals surface area contributed by atoms with Crippen LogP contribution in [-0.4, -0.2) is 55.3 Å². The van der Waals surface area contributed by atoms with Gasteiger partial charge in [0, 0.05) is 35.6 Å². The molecule has 14 heteroatoms. The van der Waals surface area contributed by atoms with Crippen molar-refractivity contribution in [3.05, 3.63) is 93.2 Å². The standard InChI is InChI=1S/C31H32N4O9S/c1-17(2)26-27-18(3)24(16-43-25-9-5-7-22-19(6-4-8-23(22)25)14-15-33-45(32,41)42)28(34(27)29(26)36)31(38)44-30(37)20-10-12-21(13-11-20)35(39)40/h4-13,17-18,26-27,33H,14-16H2,1-3H3,(H2,32,41,42)/t18-,26+,27+/m0/s1. The Hall–Kier alpha value is -4.66. The number of benzene rings is 3. The Kier molecular flexibility index (Phi) is 8.74. The van der Waals surface area contributed by atoms with E-state index in [9.17, 15) is 32.9 Å². The third-order valence-electron chi connectivity index (χ3n) is 8.26. The second kappa shape index (κ2) is 12.4. The third kappa shape index (κ3) is 6.30. The third-order valence-corrected chi connectivity index (χ3v) is 8.87. The molecule has 1 fully saturated rings. The predicted molar refractivity (Wildman–Crippen MR) is 163 cm³/mol. The van der Waals surface area contributed by atoms with Crippen LogP contribution < -0.4 is 14.6 Å². The summed E-state index contributed by atoms with van der Waals surface area (Å²) in [5.41, 5.74) is 1.05. The smallest absolute Gasteiger partial charge is 0.363 e. The van der Waals surface area contributed by atoms with Crippen molar-refractivity contribution >= 4 is 44.5 Å². The number of fused-ring (bicyclic) bond motifs is 2. The molecule has 2 heterocycles. The van der Waals surface area contributed by atoms with Crippen molar-refractivity contribution in [3.8, 4) is 5.75 Å². The normalized spacial score (nSPS) is 19.4. The number of amides is 1. The van der Waals surface area contributed by atoms with Crippen LogP contribution in [0, 0.1) is 27.9 Å². The zero-order valence-corrected chi connectivity index (χ0v) is 25.6. The van der Waals surface area contributed by atoms with Gasteiger partial charge in [0.15, 0.2) is 0 Å². The Morgan fingerprint density at radius 3 is 2.36 bits per heavy atom. The number of esters is 2. The first-order valence-electron chi connectivity index (χ1n) is 14.3. The average Bonchev–Trinajstić information content (AvgIpc) is 3.22. The van der Waals surface area contributed by atoms with Gasteiger partial charge in [0.2, 0.25) is 5.91 Å². The molecule has 1 amide bonds. The van der Waals surface area contributed by atoms with Crippen molar-refractivity contribution < 1.29 is 37.2 Å². The highest BCUT2D eigenvalue weighted by atomic mass is 32.2. The maximum absolute atomic E-state index is 13.5. The molecule has 0 aliphatic carbocycles. The molecule has 236 valence electrons. The number of carbonyl (C=O) groups is 3. The van der Waals surface area contributed by atoms with Crippen molar-refractivity contribution in [2.75, 3.05) is 13.2 Å². The average molecular weight is 637 g/mol. The molecule has 0 radical (unpaired) electrons. The highest BCUT2D eigenvalue weighted by Gasteiger charge is 2.59. The minimum Gasteiger partial charge on any atom is -0.488 e. The zero-order chi connectivity index (χ0) is 32.6. The Morgan fingerprint density at radius 2 is 1.71 bits per heavy atom. The van der Waals surface area contributed by atoms with E-state index in [1.807, 2.05) is 45.0 Å². The molecule has 2 aliphatic heterocycles. The van der Waals surface area contributed by atoms with E-state index in [0.717, 1.165) is 28.5 Å². The monoisotopic (exact) mass is 636 g/mol. The Balaban J connectivity index is 1.42. The number of hydrogen-bond donors (Lipinski definition) is 2. The predicted octanol–water partition coefficient (Wildman–Crippen LogP) is 3.23. The molecule has 3 atom stereocenters. The summed E-state index contributed by atoms with van der Waals surface area (Å²) in [6.07, 6.45) is 0.382. The van der Waals surface area contributed by atoms with E-state index in [1.54, 1.807) is 12.1 Å². The number of hydrogen-bond acceptors (Lipinski definition) is 9. The molecule has 1 saturated heterocycles. The number of nitro benzene ring substituents is 1. The van der Waals surface area contributed by atoms with E-state index in [1.165, 1.54) is 17.0 Å². The van der Waals surface area contributed by atoms with Crippen molar-refractivity contribution in [1.82, 2.24) is 9.62 Å². The quantitative estimate of drug-likeness (QED) is 0.105. The van der Waals surface area contributed by atoms with Crippen LogP contribution in [0.3, 0.4) is 0 Å². The SMILES string of the molecule is CC(C)[C@H]1C(=O)N2C(C(=O)OC(=O)c3ccc([N+](=O)[O-])cc3)=C(COc3cccc4c(CCNS(N)(=O)=O)cccc34)[C@H](C)[C@H]12. The van der Waals surface area contributed by atoms with E-state index in [-0.39, 0.29) is 59.8 Å². The maximum Gasteiger partial charge on any atom is 0.363 e. The number of β-lactam (4-membered cyclic amide) rings is 1. The molecule has 3 N–H and O–H groups in total. The molecule has 3 aromatic carbocycles. The van der Waals surface area contributed by atoms with Gasteiger partial charge in [0.1, 0.15) is 18.1 Å². The van der Waals surface area contributed by atoms with Crippen LogP contribution >= 0.6 is 0 Å². The highest BCUT2D eigenvalue weighted by Crippen LogP contribution is 2.49. The van der Waals surface area contributed by atoms with Crippen LogP contribution in [0.5, 0.6) is 5.75 Å². The fourth-order valence-corrected chi connectivity index (χ4v) is 6.48. The van der Waals surface area contributed by atoms with Gasteiger partial charge < -0.3 is 14.4 Å². The van der Waals surface area contributed by atoms with Gasteiger partial charge in [0.25, 0.3) is 15.9 Å². The minimum absolute atomic E-state index is 0.0146. The van der Waals surface area contributed by atoms with Crippen LogP contribution in [0.2, 0.25) is 0 Å². The van der Waals surface area contributed by atoms with Crippen molar-refractivity contribution in [1.29, 1.82) is 0 Å². The molecule has 3 aromatic rings. The summed E-state index contributed by atoms with van der Waals surface area (Å²) in [5.74, 6) is -2.34. The molecule has 0 bridgehead atoms. The summed E-state index contributed by atoms with van der Waals surface area (Å²) in [6, 6.07) is 15.3. The number of carbonyl (C=O) groups excluding carboxylic acids is 3. The van der Waals surface area contributed by atoms with Crippen molar-refractivity contribution in [2.24, 2.45) is 22.9 Å². The van der Waals surface area contributed by atoms with Gasteiger partial charge in [-0.15, -0.1) is 0 Å². The van der Waals surface area contributed by atoms with Crippen LogP contribution in [0.15, 0.2) is 71.9 Å². The van der Waals surface area contributed by atoms with Gasteiger partial charge in [-0.3, -0.25) is 14.9 Å². The van der Waals surface area contributed by atoms with Crippen LogP contribution in [-0.2, 0) is 31.0 Å². The highest BCUT2D eigenvalue weighted by molar-refractivity contribution is 7.87. The summed E-state index contributed by atoms with van der Waals surface area (Å²) in [4.78, 5) is 51.3. The largest absolute Gasteiger partial charge is 0.488 e. The Bertz CT molecular complexity index is 1840. The summed E-state index contributed by atoms with van der Waals surface area (Å²) in [5, 5.41) is 17.6. The lowest BCUT2D eigenvalue weighted by Crippen LogP contribution is -2.62. The number of nitro groups is 1. The molecular formula is C31H32N4O9S. The molecule has 0 spiro atoms. The number of ether oxygens (including phenoxy) is 2. The number of rotatable bonds is 11. The van der Waals surface area contributed by atoms with Gasteiger partial charge in [0.05, 0.1) is 22.4 Å². The van der Waals surface area contributed by atoms with E-state index < -0.39 is 27.1 Å². The molecule has 5 rings (SSSR count). The molecule has 0 aromatic heterocycles. The summed E-state index contributed by atoms with van der Waals surface area (Å²) >= 11 is 0. The molecule has 45 heavy (non-hydrogen) atoms. The van der Waals surface area contributed by atoms with Crippen LogP contribution in [0.25, 0.3) is 10.8 Å². The fraction of sp³-hybridized carbons (Fsp3) is 0.323. The lowest BCUT2D eigenvalue weighted by molar-refractivity contribution is -0.384. The lowest BCUT2D eigenvalue weighted by atomic mass is 9.74. The maximum atomic E-state index is 13.5. The lowest BCUT2D eigenvalue weighted by Gasteiger charge is -2.47. The van der Waals surface area contributed by atoms with E-state index in [4.69, 9.17) is 14.6 Å². The van der Waals surface area contributed by atoms with Crippen molar-refractivity contribution in [3.63, 3.8) is 0 Å². The van der Waals surface area contributed by atoms with E-state index in [2.05, 4.69) is 4.72 Å². The zero-order valence-electron chi connectivity index (χ0n) is 24.8. The van der Waals surface area contributed by atoms with Gasteiger partial charge in [-0.05, 0) is 41.5 Å². The van der Waals surface area contributed by atoms with Gasteiger partial charge >= 0.3 is 11.9 Å². The molecule has 2 aliphatic rings. The number of nitrogens with one attached hydrogen (secondary N) is 1. The summed E-state index contributed by atoms with van der Waals surface area (Å²) in [7, 11) is -3.83.